The molecule has 1 aromatic rings. The van der Waals surface area contributed by atoms with E-state index in [1.165, 1.54) is 43.5 Å². The second-order valence-corrected chi connectivity index (χ2v) is 7.40. The van der Waals surface area contributed by atoms with E-state index in [1.54, 1.807) is 0 Å². The molecule has 20 heavy (non-hydrogen) atoms. The van der Waals surface area contributed by atoms with E-state index in [0.29, 0.717) is 0 Å². The number of nitrogens with zero attached hydrogens (tertiary/aromatic N) is 1. The van der Waals surface area contributed by atoms with Gasteiger partial charge in [0.15, 0.2) is 0 Å². The molecule has 4 aliphatic carbocycles. The van der Waals surface area contributed by atoms with Crippen LogP contribution < -0.4 is 5.73 Å². The Balaban J connectivity index is 1.58. The molecule has 0 spiro atoms. The number of hydrogen-bond donors (Lipinski definition) is 1. The summed E-state index contributed by atoms with van der Waals surface area (Å²) in [6.07, 6.45) is 9.54. The average molecular weight is 270 g/mol. The zero-order valence-electron chi connectivity index (χ0n) is 12.3. The summed E-state index contributed by atoms with van der Waals surface area (Å²) >= 11 is 0. The second-order valence-electron chi connectivity index (χ2n) is 7.40. The Labute approximate surface area is 122 Å². The lowest BCUT2D eigenvalue weighted by atomic mass is 9.51. The Morgan fingerprint density at radius 1 is 1.00 bits per heavy atom. The maximum Gasteiger partial charge on any atom is 0.0443 e. The van der Waals surface area contributed by atoms with E-state index in [0.717, 1.165) is 49.0 Å². The minimum absolute atomic E-state index is 0.764. The van der Waals surface area contributed by atoms with Crippen LogP contribution >= 0.6 is 0 Å². The average Bonchev–Trinajstić information content (AvgIpc) is 2.44. The SMILES string of the molecule is NCCCc1cccc(C2C3CC4CC(C3)CC2C4)n1. The summed E-state index contributed by atoms with van der Waals surface area (Å²) in [5.74, 6) is 4.73. The predicted molar refractivity (Wildman–Crippen MR) is 81.4 cm³/mol. The van der Waals surface area contributed by atoms with Gasteiger partial charge in [-0.3, -0.25) is 4.98 Å². The fraction of sp³-hybridized carbons (Fsp3) is 0.722. The Kier molecular flexibility index (Phi) is 3.30. The van der Waals surface area contributed by atoms with Crippen LogP contribution in [0.25, 0.3) is 0 Å². The van der Waals surface area contributed by atoms with Crippen molar-refractivity contribution in [2.45, 2.75) is 50.9 Å². The van der Waals surface area contributed by atoms with Crippen molar-refractivity contribution in [3.8, 4) is 0 Å². The van der Waals surface area contributed by atoms with Crippen molar-refractivity contribution in [3.05, 3.63) is 29.6 Å². The Morgan fingerprint density at radius 3 is 2.35 bits per heavy atom. The summed E-state index contributed by atoms with van der Waals surface area (Å²) in [5.41, 5.74) is 8.27. The molecule has 5 rings (SSSR count). The van der Waals surface area contributed by atoms with E-state index in [4.69, 9.17) is 10.7 Å². The molecule has 0 saturated heterocycles. The first-order valence-electron chi connectivity index (χ1n) is 8.49. The lowest BCUT2D eigenvalue weighted by molar-refractivity contribution is -0.00420. The van der Waals surface area contributed by atoms with Gasteiger partial charge in [-0.05, 0) is 87.3 Å². The Bertz CT molecular complexity index is 454. The molecule has 2 N–H and O–H groups in total. The quantitative estimate of drug-likeness (QED) is 0.909. The van der Waals surface area contributed by atoms with Gasteiger partial charge in [0.25, 0.3) is 0 Å². The highest BCUT2D eigenvalue weighted by Crippen LogP contribution is 2.59. The molecule has 4 aliphatic rings. The fourth-order valence-corrected chi connectivity index (χ4v) is 5.51. The van der Waals surface area contributed by atoms with Crippen molar-refractivity contribution in [2.24, 2.45) is 29.4 Å². The number of rotatable bonds is 4. The van der Waals surface area contributed by atoms with Crippen LogP contribution in [-0.4, -0.2) is 11.5 Å². The van der Waals surface area contributed by atoms with Gasteiger partial charge in [0, 0.05) is 17.3 Å². The molecule has 4 saturated carbocycles. The highest BCUT2D eigenvalue weighted by atomic mass is 14.7. The van der Waals surface area contributed by atoms with Crippen LogP contribution in [0, 0.1) is 23.7 Å². The summed E-state index contributed by atoms with van der Waals surface area (Å²) < 4.78 is 0. The van der Waals surface area contributed by atoms with Crippen LogP contribution in [0.2, 0.25) is 0 Å². The van der Waals surface area contributed by atoms with Crippen LogP contribution in [-0.2, 0) is 6.42 Å². The van der Waals surface area contributed by atoms with Crippen LogP contribution in [0.3, 0.4) is 0 Å². The topological polar surface area (TPSA) is 38.9 Å². The minimum atomic E-state index is 0.764. The van der Waals surface area contributed by atoms with Gasteiger partial charge in [0.1, 0.15) is 0 Å². The zero-order chi connectivity index (χ0) is 13.5. The largest absolute Gasteiger partial charge is 0.330 e. The predicted octanol–water partition coefficient (Wildman–Crippen LogP) is 3.51. The first-order chi connectivity index (χ1) is 9.83. The third kappa shape index (κ3) is 2.18. The number of aromatic nitrogens is 1. The van der Waals surface area contributed by atoms with Gasteiger partial charge in [0.05, 0.1) is 0 Å². The van der Waals surface area contributed by atoms with Crippen LogP contribution in [0.15, 0.2) is 18.2 Å². The molecule has 4 fully saturated rings. The van der Waals surface area contributed by atoms with Gasteiger partial charge >= 0.3 is 0 Å². The maximum absolute atomic E-state index is 5.62. The van der Waals surface area contributed by atoms with Crippen molar-refractivity contribution >= 4 is 0 Å². The number of hydrogen-bond acceptors (Lipinski definition) is 2. The van der Waals surface area contributed by atoms with E-state index in [9.17, 15) is 0 Å². The number of pyridine rings is 1. The van der Waals surface area contributed by atoms with Gasteiger partial charge in [-0.25, -0.2) is 0 Å². The third-order valence-corrected chi connectivity index (χ3v) is 6.03. The fourth-order valence-electron chi connectivity index (χ4n) is 5.51. The molecule has 0 unspecified atom stereocenters. The molecule has 1 heterocycles. The standard InChI is InChI=1S/C18H26N2/c19-6-2-4-16-3-1-5-17(20-16)18-14-8-12-7-13(10-14)11-15(18)9-12/h1,3,5,12-15,18H,2,4,6-11,19H2. The van der Waals surface area contributed by atoms with Crippen molar-refractivity contribution < 1.29 is 0 Å². The normalized spacial score (nSPS) is 38.4. The van der Waals surface area contributed by atoms with Crippen molar-refractivity contribution in [1.29, 1.82) is 0 Å². The summed E-state index contributed by atoms with van der Waals surface area (Å²) in [7, 11) is 0. The van der Waals surface area contributed by atoms with E-state index in [2.05, 4.69) is 18.2 Å². The zero-order valence-corrected chi connectivity index (χ0v) is 12.3. The molecule has 108 valence electrons. The molecule has 0 aromatic carbocycles. The van der Waals surface area contributed by atoms with E-state index in [1.807, 2.05) is 0 Å². The molecular formula is C18H26N2. The first kappa shape index (κ1) is 12.8. The summed E-state index contributed by atoms with van der Waals surface area (Å²) in [6, 6.07) is 6.69. The minimum Gasteiger partial charge on any atom is -0.330 e. The summed E-state index contributed by atoms with van der Waals surface area (Å²) in [4.78, 5) is 5.00. The molecule has 4 bridgehead atoms. The third-order valence-electron chi connectivity index (χ3n) is 6.03. The highest BCUT2D eigenvalue weighted by Gasteiger charge is 2.48. The summed E-state index contributed by atoms with van der Waals surface area (Å²) in [6.45, 7) is 0.768. The van der Waals surface area contributed by atoms with Crippen LogP contribution in [0.1, 0.15) is 55.8 Å². The number of nitrogens with two attached hydrogens (primary N) is 1. The van der Waals surface area contributed by atoms with Gasteiger partial charge < -0.3 is 5.73 Å². The molecule has 2 nitrogen and oxygen atoms in total. The summed E-state index contributed by atoms with van der Waals surface area (Å²) in [5, 5.41) is 0. The van der Waals surface area contributed by atoms with Crippen molar-refractivity contribution in [3.63, 3.8) is 0 Å². The van der Waals surface area contributed by atoms with Gasteiger partial charge in [-0.1, -0.05) is 6.07 Å². The smallest absolute Gasteiger partial charge is 0.0443 e. The maximum atomic E-state index is 5.62. The van der Waals surface area contributed by atoms with Gasteiger partial charge in [-0.2, -0.15) is 0 Å². The lowest BCUT2D eigenvalue weighted by Crippen LogP contribution is -2.44. The Morgan fingerprint density at radius 2 is 1.70 bits per heavy atom. The molecule has 0 atom stereocenters. The van der Waals surface area contributed by atoms with Gasteiger partial charge in [0.2, 0.25) is 0 Å². The second kappa shape index (κ2) is 5.14. The van der Waals surface area contributed by atoms with Crippen LogP contribution in [0.4, 0.5) is 0 Å². The molecule has 0 aliphatic heterocycles. The van der Waals surface area contributed by atoms with Gasteiger partial charge in [-0.15, -0.1) is 0 Å². The first-order valence-corrected chi connectivity index (χ1v) is 8.49. The monoisotopic (exact) mass is 270 g/mol. The molecule has 1 aromatic heterocycles. The molecular weight excluding hydrogens is 244 g/mol. The van der Waals surface area contributed by atoms with Crippen LogP contribution in [0.5, 0.6) is 0 Å². The molecule has 0 radical (unpaired) electrons. The van der Waals surface area contributed by atoms with E-state index >= 15 is 0 Å². The Hall–Kier alpha value is -0.890. The van der Waals surface area contributed by atoms with E-state index in [-0.39, 0.29) is 0 Å². The lowest BCUT2D eigenvalue weighted by Gasteiger charge is -2.54. The molecule has 0 amide bonds. The highest BCUT2D eigenvalue weighted by molar-refractivity contribution is 5.20. The number of aryl methyl sites for hydroxylation is 1. The van der Waals surface area contributed by atoms with Crippen molar-refractivity contribution in [2.75, 3.05) is 6.54 Å². The molecule has 2 heteroatoms. The van der Waals surface area contributed by atoms with Crippen molar-refractivity contribution in [1.82, 2.24) is 4.98 Å². The van der Waals surface area contributed by atoms with E-state index < -0.39 is 0 Å².